The smallest absolute Gasteiger partial charge is 0.343 e. The van der Waals surface area contributed by atoms with E-state index in [9.17, 15) is 9.59 Å². The number of carbonyl (C=O) groups excluding carboxylic acids is 2. The third-order valence-electron chi connectivity index (χ3n) is 3.61. The summed E-state index contributed by atoms with van der Waals surface area (Å²) < 4.78 is 16.0. The highest BCUT2D eigenvalue weighted by Gasteiger charge is 2.13. The Balaban J connectivity index is 2.02. The highest BCUT2D eigenvalue weighted by Crippen LogP contribution is 2.36. The lowest BCUT2D eigenvalue weighted by Crippen LogP contribution is -2.24. The number of esters is 1. The van der Waals surface area contributed by atoms with E-state index in [2.05, 4.69) is 36.5 Å². The predicted molar refractivity (Wildman–Crippen MR) is 114 cm³/mol. The second kappa shape index (κ2) is 10.7. The number of urea groups is 1. The molecule has 29 heavy (non-hydrogen) atoms. The number of rotatable bonds is 7. The molecule has 8 nitrogen and oxygen atoms in total. The normalized spacial score (nSPS) is 10.5. The summed E-state index contributed by atoms with van der Waals surface area (Å²) in [7, 11) is 2.69. The fourth-order valence-corrected chi connectivity index (χ4v) is 2.71. The van der Waals surface area contributed by atoms with E-state index in [4.69, 9.17) is 21.1 Å². The average Bonchev–Trinajstić information content (AvgIpc) is 2.69. The van der Waals surface area contributed by atoms with E-state index in [-0.39, 0.29) is 17.4 Å². The molecule has 0 saturated carbocycles. The maximum atomic E-state index is 12.0. The van der Waals surface area contributed by atoms with Crippen LogP contribution in [0.1, 0.15) is 11.1 Å². The van der Waals surface area contributed by atoms with Crippen LogP contribution in [0.15, 0.2) is 39.9 Å². The Bertz CT molecular complexity index is 936. The number of nitrogens with zero attached hydrogens (tertiary/aromatic N) is 1. The van der Waals surface area contributed by atoms with Crippen molar-refractivity contribution < 1.29 is 23.8 Å². The molecule has 0 atom stereocenters. The number of nitrogens with one attached hydrogen (secondary N) is 2. The minimum atomic E-state index is -0.551. The topological polar surface area (TPSA) is 98.3 Å². The maximum absolute atomic E-state index is 12.0. The molecule has 2 rings (SSSR count). The van der Waals surface area contributed by atoms with Gasteiger partial charge in [0.25, 0.3) is 0 Å². The number of amides is 2. The van der Waals surface area contributed by atoms with Gasteiger partial charge >= 0.3 is 12.0 Å². The SMILES string of the molecule is COC(=O)COc1c(Cl)cc(/C=N/NC(=O)Nc2ccc(Br)c(C)c2)cc1OC. The number of aryl methyl sites for hydroxylation is 1. The van der Waals surface area contributed by atoms with Crippen LogP contribution in [0.25, 0.3) is 0 Å². The van der Waals surface area contributed by atoms with E-state index in [0.29, 0.717) is 17.0 Å². The number of anilines is 1. The van der Waals surface area contributed by atoms with Gasteiger partial charge in [-0.3, -0.25) is 0 Å². The standard InChI is InChI=1S/C19H19BrClN3O5/c1-11-6-13(4-5-14(11)20)23-19(26)24-22-9-12-7-15(21)18(16(8-12)27-2)29-10-17(25)28-3/h4-9H,10H2,1-3H3,(H2,23,24,26)/b22-9+. The molecule has 2 N–H and O–H groups in total. The maximum Gasteiger partial charge on any atom is 0.343 e. The zero-order valence-corrected chi connectivity index (χ0v) is 18.3. The Morgan fingerprint density at radius 3 is 2.66 bits per heavy atom. The Morgan fingerprint density at radius 1 is 1.24 bits per heavy atom. The second-order valence-corrected chi connectivity index (χ2v) is 6.95. The highest BCUT2D eigenvalue weighted by atomic mass is 79.9. The summed E-state index contributed by atoms with van der Waals surface area (Å²) in [5.41, 5.74) is 4.54. The predicted octanol–water partition coefficient (Wildman–Crippen LogP) is 4.13. The van der Waals surface area contributed by atoms with Crippen LogP contribution in [0.4, 0.5) is 10.5 Å². The number of ether oxygens (including phenoxy) is 3. The van der Waals surface area contributed by atoms with Crippen LogP contribution in [0.2, 0.25) is 5.02 Å². The molecule has 2 amide bonds. The van der Waals surface area contributed by atoms with Gasteiger partial charge in [-0.2, -0.15) is 5.10 Å². The van der Waals surface area contributed by atoms with Crippen LogP contribution >= 0.6 is 27.5 Å². The summed E-state index contributed by atoms with van der Waals surface area (Å²) in [6.07, 6.45) is 1.39. The molecule has 0 aliphatic rings. The third kappa shape index (κ3) is 6.65. The van der Waals surface area contributed by atoms with Crippen molar-refractivity contribution in [2.24, 2.45) is 5.10 Å². The molecule has 10 heteroatoms. The second-order valence-electron chi connectivity index (χ2n) is 5.69. The Morgan fingerprint density at radius 2 is 2.00 bits per heavy atom. The number of methoxy groups -OCH3 is 2. The summed E-state index contributed by atoms with van der Waals surface area (Å²) in [6.45, 7) is 1.61. The molecular formula is C19H19BrClN3O5. The third-order valence-corrected chi connectivity index (χ3v) is 4.78. The quantitative estimate of drug-likeness (QED) is 0.350. The molecule has 0 heterocycles. The lowest BCUT2D eigenvalue weighted by Gasteiger charge is -2.12. The summed E-state index contributed by atoms with van der Waals surface area (Å²) in [6, 6.07) is 8.08. The van der Waals surface area contributed by atoms with Gasteiger partial charge in [0.05, 0.1) is 25.5 Å². The zero-order chi connectivity index (χ0) is 21.4. The minimum absolute atomic E-state index is 0.202. The highest BCUT2D eigenvalue weighted by molar-refractivity contribution is 9.10. The van der Waals surface area contributed by atoms with E-state index in [1.807, 2.05) is 19.1 Å². The van der Waals surface area contributed by atoms with E-state index in [1.165, 1.54) is 20.4 Å². The molecule has 0 unspecified atom stereocenters. The average molecular weight is 485 g/mol. The van der Waals surface area contributed by atoms with Crippen LogP contribution < -0.4 is 20.2 Å². The molecule has 0 aromatic heterocycles. The first kappa shape index (κ1) is 22.5. The Hall–Kier alpha value is -2.78. The zero-order valence-electron chi connectivity index (χ0n) is 15.9. The molecule has 2 aromatic carbocycles. The van der Waals surface area contributed by atoms with Gasteiger partial charge < -0.3 is 19.5 Å². The van der Waals surface area contributed by atoms with Gasteiger partial charge in [0.2, 0.25) is 0 Å². The van der Waals surface area contributed by atoms with Crippen molar-refractivity contribution in [1.82, 2.24) is 5.43 Å². The van der Waals surface area contributed by atoms with Gasteiger partial charge in [-0.1, -0.05) is 27.5 Å². The number of halogens is 2. The molecule has 0 saturated heterocycles. The molecule has 0 aliphatic heterocycles. The number of hydrogen-bond acceptors (Lipinski definition) is 6. The van der Waals surface area contributed by atoms with Crippen molar-refractivity contribution in [3.8, 4) is 11.5 Å². The number of carbonyl (C=O) groups is 2. The molecule has 0 bridgehead atoms. The van der Waals surface area contributed by atoms with Gasteiger partial charge in [-0.25, -0.2) is 15.0 Å². The van der Waals surface area contributed by atoms with Crippen molar-refractivity contribution in [3.63, 3.8) is 0 Å². The van der Waals surface area contributed by atoms with E-state index in [1.54, 1.807) is 18.2 Å². The van der Waals surface area contributed by atoms with Crippen molar-refractivity contribution >= 4 is 51.4 Å². The summed E-state index contributed by atoms with van der Waals surface area (Å²) in [5.74, 6) is -0.0457. The molecule has 0 aliphatic carbocycles. The lowest BCUT2D eigenvalue weighted by atomic mass is 10.2. The molecular weight excluding hydrogens is 466 g/mol. The summed E-state index contributed by atoms with van der Waals surface area (Å²) in [4.78, 5) is 23.2. The van der Waals surface area contributed by atoms with E-state index >= 15 is 0 Å². The molecule has 0 radical (unpaired) electrons. The van der Waals surface area contributed by atoms with Crippen molar-refractivity contribution in [2.75, 3.05) is 26.1 Å². The van der Waals surface area contributed by atoms with Gasteiger partial charge in [-0.05, 0) is 48.4 Å². The first-order chi connectivity index (χ1) is 13.8. The van der Waals surface area contributed by atoms with Crippen molar-refractivity contribution in [2.45, 2.75) is 6.92 Å². The van der Waals surface area contributed by atoms with Crippen LogP contribution in [0.3, 0.4) is 0 Å². The van der Waals surface area contributed by atoms with Crippen LogP contribution in [0.5, 0.6) is 11.5 Å². The first-order valence-corrected chi connectivity index (χ1v) is 9.44. The van der Waals surface area contributed by atoms with Crippen LogP contribution in [-0.4, -0.2) is 39.0 Å². The monoisotopic (exact) mass is 483 g/mol. The van der Waals surface area contributed by atoms with Crippen LogP contribution in [0, 0.1) is 6.92 Å². The van der Waals surface area contributed by atoms with E-state index in [0.717, 1.165) is 10.0 Å². The summed E-state index contributed by atoms with van der Waals surface area (Å²) >= 11 is 9.60. The van der Waals surface area contributed by atoms with Crippen molar-refractivity contribution in [3.05, 3.63) is 51.0 Å². The fourth-order valence-electron chi connectivity index (χ4n) is 2.19. The fraction of sp³-hybridized carbons (Fsp3) is 0.211. The number of hydrazone groups is 1. The van der Waals surface area contributed by atoms with E-state index < -0.39 is 12.0 Å². The number of benzene rings is 2. The van der Waals surface area contributed by atoms with Gasteiger partial charge in [0, 0.05) is 10.2 Å². The van der Waals surface area contributed by atoms with Gasteiger partial charge in [-0.15, -0.1) is 0 Å². The minimum Gasteiger partial charge on any atom is -0.493 e. The molecule has 0 fully saturated rings. The van der Waals surface area contributed by atoms with Gasteiger partial charge in [0.1, 0.15) is 0 Å². The first-order valence-electron chi connectivity index (χ1n) is 8.27. The number of hydrogen-bond donors (Lipinski definition) is 2. The summed E-state index contributed by atoms with van der Waals surface area (Å²) in [5, 5.41) is 6.77. The van der Waals surface area contributed by atoms with Crippen molar-refractivity contribution in [1.29, 1.82) is 0 Å². The molecule has 0 spiro atoms. The molecule has 2 aromatic rings. The molecule has 154 valence electrons. The Kier molecular flexibility index (Phi) is 8.29. The van der Waals surface area contributed by atoms with Gasteiger partial charge in [0.15, 0.2) is 18.1 Å². The van der Waals surface area contributed by atoms with Crippen LogP contribution in [-0.2, 0) is 9.53 Å². The largest absolute Gasteiger partial charge is 0.493 e. The lowest BCUT2D eigenvalue weighted by molar-refractivity contribution is -0.142. The Labute approximate surface area is 181 Å².